The molecule has 2 aromatic rings. The Kier molecular flexibility index (Phi) is 6.48. The van der Waals surface area contributed by atoms with E-state index >= 15 is 0 Å². The summed E-state index contributed by atoms with van der Waals surface area (Å²) in [5, 5.41) is 0. The van der Waals surface area contributed by atoms with Gasteiger partial charge in [0.15, 0.2) is 0 Å². The molecule has 4 heteroatoms. The molecule has 0 aliphatic heterocycles. The van der Waals surface area contributed by atoms with Crippen molar-refractivity contribution >= 4 is 5.97 Å². The number of esters is 1. The molecule has 0 unspecified atom stereocenters. The lowest BCUT2D eigenvalue weighted by molar-refractivity contribution is -0.145. The molecule has 0 aliphatic rings. The number of hydrogen-bond acceptors (Lipinski definition) is 4. The first-order chi connectivity index (χ1) is 11.2. The first kappa shape index (κ1) is 16.9. The maximum atomic E-state index is 11.8. The van der Waals surface area contributed by atoms with Crippen LogP contribution in [0.2, 0.25) is 0 Å². The van der Waals surface area contributed by atoms with Crippen molar-refractivity contribution in [3.8, 4) is 11.5 Å². The van der Waals surface area contributed by atoms with E-state index in [1.165, 1.54) is 5.56 Å². The Morgan fingerprint density at radius 1 is 0.826 bits per heavy atom. The van der Waals surface area contributed by atoms with Crippen LogP contribution >= 0.6 is 0 Å². The molecule has 122 valence electrons. The zero-order valence-corrected chi connectivity index (χ0v) is 13.6. The molecular formula is C19H22O4. The summed E-state index contributed by atoms with van der Waals surface area (Å²) in [6.07, 6.45) is 2.04. The minimum absolute atomic E-state index is 0.172. The lowest BCUT2D eigenvalue weighted by atomic mass is 10.1. The van der Waals surface area contributed by atoms with Crippen molar-refractivity contribution < 1.29 is 19.0 Å². The highest BCUT2D eigenvalue weighted by Crippen LogP contribution is 2.14. The van der Waals surface area contributed by atoms with Gasteiger partial charge in [0, 0.05) is 6.42 Å². The second-order valence-electron chi connectivity index (χ2n) is 5.21. The maximum Gasteiger partial charge on any atom is 0.306 e. The van der Waals surface area contributed by atoms with Crippen LogP contribution in [0.3, 0.4) is 0 Å². The van der Waals surface area contributed by atoms with Crippen molar-refractivity contribution in [2.75, 3.05) is 14.2 Å². The minimum atomic E-state index is -0.172. The van der Waals surface area contributed by atoms with E-state index in [1.54, 1.807) is 14.2 Å². The van der Waals surface area contributed by atoms with Gasteiger partial charge in [-0.15, -0.1) is 0 Å². The lowest BCUT2D eigenvalue weighted by Gasteiger charge is -2.06. The minimum Gasteiger partial charge on any atom is -0.497 e. The standard InChI is InChI=1S/C19H22O4/c1-21-17-10-6-15(7-11-17)4-3-5-19(20)23-14-16-8-12-18(22-2)13-9-16/h6-13H,3-5,14H2,1-2H3. The Morgan fingerprint density at radius 2 is 1.35 bits per heavy atom. The summed E-state index contributed by atoms with van der Waals surface area (Å²) < 4.78 is 15.5. The van der Waals surface area contributed by atoms with E-state index in [0.29, 0.717) is 13.0 Å². The van der Waals surface area contributed by atoms with Gasteiger partial charge in [0.05, 0.1) is 14.2 Å². The van der Waals surface area contributed by atoms with Crippen LogP contribution < -0.4 is 9.47 Å². The second kappa shape index (κ2) is 8.83. The number of benzene rings is 2. The Labute approximate surface area is 137 Å². The molecule has 0 radical (unpaired) electrons. The molecule has 0 atom stereocenters. The molecule has 0 aromatic heterocycles. The summed E-state index contributed by atoms with van der Waals surface area (Å²) in [6, 6.07) is 15.4. The summed E-state index contributed by atoms with van der Waals surface area (Å²) in [5.74, 6) is 1.46. The van der Waals surface area contributed by atoms with Crippen LogP contribution in [0.4, 0.5) is 0 Å². The van der Waals surface area contributed by atoms with Crippen LogP contribution in [-0.4, -0.2) is 20.2 Å². The molecule has 0 bridgehead atoms. The van der Waals surface area contributed by atoms with Crippen molar-refractivity contribution in [2.45, 2.75) is 25.9 Å². The summed E-state index contributed by atoms with van der Waals surface area (Å²) in [6.45, 7) is 0.297. The number of carbonyl (C=O) groups excluding carboxylic acids is 1. The van der Waals surface area contributed by atoms with Gasteiger partial charge in [-0.25, -0.2) is 0 Å². The highest BCUT2D eigenvalue weighted by atomic mass is 16.5. The fourth-order valence-electron chi connectivity index (χ4n) is 2.19. The van der Waals surface area contributed by atoms with Gasteiger partial charge in [-0.05, 0) is 48.2 Å². The van der Waals surface area contributed by atoms with Crippen molar-refractivity contribution in [3.05, 3.63) is 59.7 Å². The Balaban J connectivity index is 1.67. The molecule has 0 aliphatic carbocycles. The number of carbonyl (C=O) groups is 1. The third-order valence-electron chi connectivity index (χ3n) is 3.56. The zero-order chi connectivity index (χ0) is 16.5. The summed E-state index contributed by atoms with van der Waals surface area (Å²) in [7, 11) is 3.27. The van der Waals surface area contributed by atoms with E-state index in [9.17, 15) is 4.79 Å². The van der Waals surface area contributed by atoms with E-state index < -0.39 is 0 Å². The van der Waals surface area contributed by atoms with Gasteiger partial charge in [-0.1, -0.05) is 24.3 Å². The molecule has 0 saturated heterocycles. The normalized spacial score (nSPS) is 10.2. The first-order valence-corrected chi connectivity index (χ1v) is 7.63. The van der Waals surface area contributed by atoms with Crippen LogP contribution in [0, 0.1) is 0 Å². The predicted molar refractivity (Wildman–Crippen MR) is 88.7 cm³/mol. The molecule has 0 N–H and O–H groups in total. The predicted octanol–water partition coefficient (Wildman–Crippen LogP) is 3.77. The van der Waals surface area contributed by atoms with E-state index in [2.05, 4.69) is 0 Å². The highest BCUT2D eigenvalue weighted by molar-refractivity contribution is 5.69. The molecule has 0 fully saturated rings. The number of ether oxygens (including phenoxy) is 3. The van der Waals surface area contributed by atoms with Crippen LogP contribution in [-0.2, 0) is 22.6 Å². The summed E-state index contributed by atoms with van der Waals surface area (Å²) in [5.41, 5.74) is 2.14. The number of hydrogen-bond donors (Lipinski definition) is 0. The number of rotatable bonds is 8. The highest BCUT2D eigenvalue weighted by Gasteiger charge is 2.04. The average Bonchev–Trinajstić information content (AvgIpc) is 2.61. The molecule has 0 amide bonds. The number of methoxy groups -OCH3 is 2. The fourth-order valence-corrected chi connectivity index (χ4v) is 2.19. The van der Waals surface area contributed by atoms with Crippen molar-refractivity contribution in [3.63, 3.8) is 0 Å². The SMILES string of the molecule is COc1ccc(CCCC(=O)OCc2ccc(OC)cc2)cc1. The first-order valence-electron chi connectivity index (χ1n) is 7.63. The Hall–Kier alpha value is -2.49. The van der Waals surface area contributed by atoms with Crippen LogP contribution in [0.5, 0.6) is 11.5 Å². The fraction of sp³-hybridized carbons (Fsp3) is 0.316. The van der Waals surface area contributed by atoms with Crippen molar-refractivity contribution in [1.29, 1.82) is 0 Å². The van der Waals surface area contributed by atoms with Gasteiger partial charge < -0.3 is 14.2 Å². The summed E-state index contributed by atoms with van der Waals surface area (Å²) in [4.78, 5) is 11.8. The van der Waals surface area contributed by atoms with Gasteiger partial charge in [-0.2, -0.15) is 0 Å². The molecule has 4 nitrogen and oxygen atoms in total. The monoisotopic (exact) mass is 314 g/mol. The third-order valence-corrected chi connectivity index (χ3v) is 3.56. The topological polar surface area (TPSA) is 44.8 Å². The molecule has 0 spiro atoms. The number of aryl methyl sites for hydroxylation is 1. The van der Waals surface area contributed by atoms with E-state index in [0.717, 1.165) is 29.9 Å². The maximum absolute atomic E-state index is 11.8. The zero-order valence-electron chi connectivity index (χ0n) is 13.6. The average molecular weight is 314 g/mol. The molecule has 23 heavy (non-hydrogen) atoms. The van der Waals surface area contributed by atoms with Gasteiger partial charge in [-0.3, -0.25) is 4.79 Å². The Morgan fingerprint density at radius 3 is 1.87 bits per heavy atom. The van der Waals surface area contributed by atoms with E-state index in [1.807, 2.05) is 48.5 Å². The smallest absolute Gasteiger partial charge is 0.306 e. The molecular weight excluding hydrogens is 292 g/mol. The second-order valence-corrected chi connectivity index (χ2v) is 5.21. The van der Waals surface area contributed by atoms with E-state index in [4.69, 9.17) is 14.2 Å². The van der Waals surface area contributed by atoms with Gasteiger partial charge >= 0.3 is 5.97 Å². The van der Waals surface area contributed by atoms with Gasteiger partial charge in [0.1, 0.15) is 18.1 Å². The van der Waals surface area contributed by atoms with Crippen LogP contribution in [0.1, 0.15) is 24.0 Å². The largest absolute Gasteiger partial charge is 0.497 e. The van der Waals surface area contributed by atoms with E-state index in [-0.39, 0.29) is 5.97 Å². The molecule has 2 aromatic carbocycles. The molecule has 0 heterocycles. The third kappa shape index (κ3) is 5.66. The van der Waals surface area contributed by atoms with Crippen molar-refractivity contribution in [1.82, 2.24) is 0 Å². The van der Waals surface area contributed by atoms with Crippen molar-refractivity contribution in [2.24, 2.45) is 0 Å². The van der Waals surface area contributed by atoms with Crippen LogP contribution in [0.15, 0.2) is 48.5 Å². The van der Waals surface area contributed by atoms with Crippen LogP contribution in [0.25, 0.3) is 0 Å². The summed E-state index contributed by atoms with van der Waals surface area (Å²) >= 11 is 0. The lowest BCUT2D eigenvalue weighted by Crippen LogP contribution is -2.05. The Bertz CT molecular complexity index is 602. The van der Waals surface area contributed by atoms with Gasteiger partial charge in [0.2, 0.25) is 0 Å². The molecule has 0 saturated carbocycles. The molecule has 2 rings (SSSR count). The quantitative estimate of drug-likeness (QED) is 0.696. The van der Waals surface area contributed by atoms with Gasteiger partial charge in [0.25, 0.3) is 0 Å².